The molecular formula is C19H15ClN4O2. The standard InChI is InChI=1S/C19H15ClN4O2/c1-2-26-16-9-7-15(8-10-16)23-11-12-24-17(21-22-18(24)19(23)25)13-3-5-14(20)6-4-13/h3-12H,2H2,1H3. The van der Waals surface area contributed by atoms with Crippen LogP contribution < -0.4 is 10.3 Å². The Labute approximate surface area is 154 Å². The van der Waals surface area contributed by atoms with Gasteiger partial charge in [-0.15, -0.1) is 10.2 Å². The second kappa shape index (κ2) is 6.65. The maximum Gasteiger partial charge on any atom is 0.300 e. The number of hydrogen-bond donors (Lipinski definition) is 0. The lowest BCUT2D eigenvalue weighted by Gasteiger charge is -2.08. The molecule has 4 rings (SSSR count). The average Bonchev–Trinajstić information content (AvgIpc) is 3.09. The molecule has 4 aromatic rings. The molecule has 0 spiro atoms. The third kappa shape index (κ3) is 2.84. The quantitative estimate of drug-likeness (QED) is 0.553. The summed E-state index contributed by atoms with van der Waals surface area (Å²) < 4.78 is 8.64. The van der Waals surface area contributed by atoms with Crippen LogP contribution in [0.25, 0.3) is 22.7 Å². The second-order valence-electron chi connectivity index (χ2n) is 5.62. The van der Waals surface area contributed by atoms with E-state index in [4.69, 9.17) is 16.3 Å². The number of ether oxygens (including phenoxy) is 1. The van der Waals surface area contributed by atoms with Crippen molar-refractivity contribution in [3.63, 3.8) is 0 Å². The molecule has 130 valence electrons. The van der Waals surface area contributed by atoms with Gasteiger partial charge >= 0.3 is 5.56 Å². The smallest absolute Gasteiger partial charge is 0.300 e. The first-order chi connectivity index (χ1) is 12.7. The first kappa shape index (κ1) is 16.4. The third-order valence-corrected chi connectivity index (χ3v) is 4.25. The van der Waals surface area contributed by atoms with Crippen LogP contribution in [0.3, 0.4) is 0 Å². The molecule has 2 heterocycles. The van der Waals surface area contributed by atoms with Crippen molar-refractivity contribution in [2.75, 3.05) is 6.61 Å². The molecule has 0 saturated heterocycles. The van der Waals surface area contributed by atoms with Gasteiger partial charge in [0, 0.05) is 28.7 Å². The Hall–Kier alpha value is -3.12. The van der Waals surface area contributed by atoms with Crippen molar-refractivity contribution in [2.45, 2.75) is 6.92 Å². The summed E-state index contributed by atoms with van der Waals surface area (Å²) in [5.41, 5.74) is 1.58. The topological polar surface area (TPSA) is 61.4 Å². The van der Waals surface area contributed by atoms with Crippen molar-refractivity contribution in [1.82, 2.24) is 19.2 Å². The maximum atomic E-state index is 12.8. The predicted molar refractivity (Wildman–Crippen MR) is 100 cm³/mol. The fraction of sp³-hybridized carbons (Fsp3) is 0.105. The van der Waals surface area contributed by atoms with Crippen molar-refractivity contribution < 1.29 is 4.74 Å². The van der Waals surface area contributed by atoms with Crippen molar-refractivity contribution in [3.05, 3.63) is 76.3 Å². The summed E-state index contributed by atoms with van der Waals surface area (Å²) in [7, 11) is 0. The summed E-state index contributed by atoms with van der Waals surface area (Å²) in [6, 6.07) is 14.6. The van der Waals surface area contributed by atoms with E-state index in [2.05, 4.69) is 10.2 Å². The van der Waals surface area contributed by atoms with Gasteiger partial charge in [-0.2, -0.15) is 0 Å². The molecule has 0 radical (unpaired) electrons. The summed E-state index contributed by atoms with van der Waals surface area (Å²) in [6.45, 7) is 2.52. The van der Waals surface area contributed by atoms with Crippen LogP contribution in [0, 0.1) is 0 Å². The van der Waals surface area contributed by atoms with E-state index in [0.717, 1.165) is 17.0 Å². The number of nitrogens with zero attached hydrogens (tertiary/aromatic N) is 4. The van der Waals surface area contributed by atoms with E-state index < -0.39 is 0 Å². The average molecular weight is 367 g/mol. The van der Waals surface area contributed by atoms with E-state index in [-0.39, 0.29) is 11.2 Å². The van der Waals surface area contributed by atoms with Crippen molar-refractivity contribution in [3.8, 4) is 22.8 Å². The summed E-state index contributed by atoms with van der Waals surface area (Å²) in [5, 5.41) is 8.88. The summed E-state index contributed by atoms with van der Waals surface area (Å²) in [6.07, 6.45) is 3.48. The normalized spacial score (nSPS) is 11.0. The molecule has 0 aliphatic heterocycles. The maximum absolute atomic E-state index is 12.8. The van der Waals surface area contributed by atoms with Crippen LogP contribution in [0.5, 0.6) is 5.75 Å². The van der Waals surface area contributed by atoms with E-state index in [1.807, 2.05) is 43.3 Å². The Morgan fingerprint density at radius 1 is 1.00 bits per heavy atom. The molecule has 0 N–H and O–H groups in total. The lowest BCUT2D eigenvalue weighted by Crippen LogP contribution is -2.20. The zero-order valence-electron chi connectivity index (χ0n) is 14.0. The number of benzene rings is 2. The van der Waals surface area contributed by atoms with Gasteiger partial charge in [-0.3, -0.25) is 13.8 Å². The monoisotopic (exact) mass is 366 g/mol. The molecule has 2 aromatic heterocycles. The molecule has 26 heavy (non-hydrogen) atoms. The predicted octanol–water partition coefficient (Wildman–Crippen LogP) is 3.60. The highest BCUT2D eigenvalue weighted by Gasteiger charge is 2.13. The van der Waals surface area contributed by atoms with E-state index in [9.17, 15) is 4.79 Å². The van der Waals surface area contributed by atoms with Crippen molar-refractivity contribution in [1.29, 1.82) is 0 Å². The van der Waals surface area contributed by atoms with Crippen molar-refractivity contribution >= 4 is 17.2 Å². The van der Waals surface area contributed by atoms with Crippen LogP contribution in [0.2, 0.25) is 5.02 Å². The van der Waals surface area contributed by atoms with Crippen LogP contribution in [-0.2, 0) is 0 Å². The number of aromatic nitrogens is 4. The summed E-state index contributed by atoms with van der Waals surface area (Å²) >= 11 is 5.93. The van der Waals surface area contributed by atoms with Gasteiger partial charge in [0.2, 0.25) is 5.65 Å². The van der Waals surface area contributed by atoms with Gasteiger partial charge in [0.05, 0.1) is 6.61 Å². The van der Waals surface area contributed by atoms with Crippen LogP contribution >= 0.6 is 11.6 Å². The van der Waals surface area contributed by atoms with Gasteiger partial charge in [0.25, 0.3) is 0 Å². The number of rotatable bonds is 4. The number of hydrogen-bond acceptors (Lipinski definition) is 4. The van der Waals surface area contributed by atoms with Gasteiger partial charge in [-0.1, -0.05) is 11.6 Å². The van der Waals surface area contributed by atoms with E-state index in [1.165, 1.54) is 4.57 Å². The minimum Gasteiger partial charge on any atom is -0.494 e. The van der Waals surface area contributed by atoms with Gasteiger partial charge in [0.15, 0.2) is 5.82 Å². The zero-order valence-corrected chi connectivity index (χ0v) is 14.7. The lowest BCUT2D eigenvalue weighted by atomic mass is 10.2. The highest BCUT2D eigenvalue weighted by molar-refractivity contribution is 6.30. The summed E-state index contributed by atoms with van der Waals surface area (Å²) in [5.74, 6) is 1.35. The van der Waals surface area contributed by atoms with Gasteiger partial charge in [0.1, 0.15) is 5.75 Å². The third-order valence-electron chi connectivity index (χ3n) is 4.00. The molecule has 0 aliphatic rings. The van der Waals surface area contributed by atoms with Crippen LogP contribution in [-0.4, -0.2) is 25.8 Å². The minimum atomic E-state index is -0.246. The largest absolute Gasteiger partial charge is 0.494 e. The summed E-state index contributed by atoms with van der Waals surface area (Å²) in [4.78, 5) is 12.8. The first-order valence-corrected chi connectivity index (χ1v) is 8.51. The molecule has 0 fully saturated rings. The van der Waals surface area contributed by atoms with Crippen LogP contribution in [0.4, 0.5) is 0 Å². The molecule has 0 unspecified atom stereocenters. The SMILES string of the molecule is CCOc1ccc(-n2ccn3c(-c4ccc(Cl)cc4)nnc3c2=O)cc1. The molecule has 2 aromatic carbocycles. The first-order valence-electron chi connectivity index (χ1n) is 8.13. The molecule has 6 nitrogen and oxygen atoms in total. The van der Waals surface area contributed by atoms with Gasteiger partial charge < -0.3 is 4.74 Å². The lowest BCUT2D eigenvalue weighted by molar-refractivity contribution is 0.340. The molecule has 0 amide bonds. The zero-order chi connectivity index (χ0) is 18.1. The minimum absolute atomic E-state index is 0.246. The highest BCUT2D eigenvalue weighted by Crippen LogP contribution is 2.20. The van der Waals surface area contributed by atoms with Crippen LogP contribution in [0.15, 0.2) is 65.7 Å². The second-order valence-corrected chi connectivity index (χ2v) is 6.06. The van der Waals surface area contributed by atoms with Crippen LogP contribution in [0.1, 0.15) is 6.92 Å². The van der Waals surface area contributed by atoms with Gasteiger partial charge in [-0.25, -0.2) is 0 Å². The fourth-order valence-electron chi connectivity index (χ4n) is 2.76. The molecular weight excluding hydrogens is 352 g/mol. The number of fused-ring (bicyclic) bond motifs is 1. The Morgan fingerprint density at radius 3 is 2.42 bits per heavy atom. The van der Waals surface area contributed by atoms with Crippen molar-refractivity contribution in [2.24, 2.45) is 0 Å². The Kier molecular flexibility index (Phi) is 4.18. The highest BCUT2D eigenvalue weighted by atomic mass is 35.5. The molecule has 7 heteroatoms. The molecule has 0 atom stereocenters. The van der Waals surface area contributed by atoms with Gasteiger partial charge in [-0.05, 0) is 55.5 Å². The Balaban J connectivity index is 1.79. The van der Waals surface area contributed by atoms with E-state index in [1.54, 1.807) is 28.9 Å². The van der Waals surface area contributed by atoms with E-state index in [0.29, 0.717) is 17.5 Å². The molecule has 0 saturated carbocycles. The molecule has 0 aliphatic carbocycles. The fourth-order valence-corrected chi connectivity index (χ4v) is 2.88. The Bertz CT molecular complexity index is 1120. The number of halogens is 1. The Morgan fingerprint density at radius 2 is 1.73 bits per heavy atom. The van der Waals surface area contributed by atoms with E-state index >= 15 is 0 Å². The molecule has 0 bridgehead atoms.